The molecule has 0 atom stereocenters. The van der Waals surface area contributed by atoms with E-state index in [0.29, 0.717) is 27.2 Å². The SMILES string of the molecule is COc1cc2nc(NC(=O)c3ccccc3Cl)sc2cc1OC. The third-order valence-electron chi connectivity index (χ3n) is 3.23. The lowest BCUT2D eigenvalue weighted by molar-refractivity contribution is 0.102. The number of nitrogens with zero attached hydrogens (tertiary/aromatic N) is 1. The maximum absolute atomic E-state index is 12.3. The van der Waals surface area contributed by atoms with Crippen molar-refractivity contribution in [3.8, 4) is 11.5 Å². The monoisotopic (exact) mass is 348 g/mol. The van der Waals surface area contributed by atoms with E-state index >= 15 is 0 Å². The number of ether oxygens (including phenoxy) is 2. The van der Waals surface area contributed by atoms with Crippen LogP contribution in [-0.2, 0) is 0 Å². The Hall–Kier alpha value is -2.31. The van der Waals surface area contributed by atoms with Crippen LogP contribution in [0.3, 0.4) is 0 Å². The lowest BCUT2D eigenvalue weighted by atomic mass is 10.2. The number of benzene rings is 2. The van der Waals surface area contributed by atoms with Gasteiger partial charge in [-0.1, -0.05) is 35.1 Å². The lowest BCUT2D eigenvalue weighted by Crippen LogP contribution is -2.11. The van der Waals surface area contributed by atoms with E-state index in [1.807, 2.05) is 6.07 Å². The molecule has 23 heavy (non-hydrogen) atoms. The molecule has 0 aliphatic heterocycles. The molecule has 0 saturated heterocycles. The normalized spacial score (nSPS) is 10.6. The molecule has 0 unspecified atom stereocenters. The first-order valence-corrected chi connectivity index (χ1v) is 7.90. The van der Waals surface area contributed by atoms with Gasteiger partial charge in [-0.15, -0.1) is 0 Å². The number of carbonyl (C=O) groups is 1. The maximum Gasteiger partial charge on any atom is 0.258 e. The van der Waals surface area contributed by atoms with Gasteiger partial charge in [0.25, 0.3) is 5.91 Å². The van der Waals surface area contributed by atoms with Gasteiger partial charge < -0.3 is 9.47 Å². The molecule has 1 aromatic heterocycles. The van der Waals surface area contributed by atoms with E-state index in [1.54, 1.807) is 44.6 Å². The summed E-state index contributed by atoms with van der Waals surface area (Å²) in [5.74, 6) is 0.912. The number of fused-ring (bicyclic) bond motifs is 1. The molecule has 1 heterocycles. The van der Waals surface area contributed by atoms with Crippen molar-refractivity contribution in [2.75, 3.05) is 19.5 Å². The molecule has 5 nitrogen and oxygen atoms in total. The van der Waals surface area contributed by atoms with Crippen molar-refractivity contribution in [2.24, 2.45) is 0 Å². The van der Waals surface area contributed by atoms with Crippen molar-refractivity contribution in [3.05, 3.63) is 47.0 Å². The Bertz CT molecular complexity index is 838. The number of anilines is 1. The van der Waals surface area contributed by atoms with Gasteiger partial charge in [0.2, 0.25) is 0 Å². The number of amides is 1. The van der Waals surface area contributed by atoms with Gasteiger partial charge in [0, 0.05) is 12.1 Å². The zero-order valence-electron chi connectivity index (χ0n) is 12.4. The molecule has 0 aliphatic rings. The molecule has 0 saturated carbocycles. The topological polar surface area (TPSA) is 60.5 Å². The standard InChI is InChI=1S/C16H13ClN2O3S/c1-21-12-7-11-14(8-13(12)22-2)23-16(18-11)19-15(20)9-5-3-4-6-10(9)17/h3-8H,1-2H3,(H,18,19,20). The Morgan fingerprint density at radius 3 is 2.57 bits per heavy atom. The summed E-state index contributed by atoms with van der Waals surface area (Å²) in [5.41, 5.74) is 1.13. The minimum atomic E-state index is -0.298. The van der Waals surface area contributed by atoms with Gasteiger partial charge in [0.05, 0.1) is 35.0 Å². The second-order valence-electron chi connectivity index (χ2n) is 4.63. The number of halogens is 1. The van der Waals surface area contributed by atoms with Gasteiger partial charge in [-0.25, -0.2) is 4.98 Å². The highest BCUT2D eigenvalue weighted by Crippen LogP contribution is 2.36. The molecule has 3 aromatic rings. The van der Waals surface area contributed by atoms with E-state index in [4.69, 9.17) is 21.1 Å². The molecule has 0 aliphatic carbocycles. The zero-order chi connectivity index (χ0) is 16.4. The van der Waals surface area contributed by atoms with Crippen LogP contribution in [0.5, 0.6) is 11.5 Å². The van der Waals surface area contributed by atoms with E-state index in [2.05, 4.69) is 10.3 Å². The second-order valence-corrected chi connectivity index (χ2v) is 6.07. The summed E-state index contributed by atoms with van der Waals surface area (Å²) in [4.78, 5) is 16.7. The molecule has 118 valence electrons. The van der Waals surface area contributed by atoms with Crippen LogP contribution in [0.25, 0.3) is 10.2 Å². The Kier molecular flexibility index (Phi) is 4.36. The van der Waals surface area contributed by atoms with Gasteiger partial charge in [-0.05, 0) is 12.1 Å². The number of hydrogen-bond acceptors (Lipinski definition) is 5. The summed E-state index contributed by atoms with van der Waals surface area (Å²) in [7, 11) is 3.14. The van der Waals surface area contributed by atoms with Gasteiger partial charge in [0.1, 0.15) is 0 Å². The smallest absolute Gasteiger partial charge is 0.258 e. The second kappa shape index (κ2) is 6.44. The third kappa shape index (κ3) is 3.09. The van der Waals surface area contributed by atoms with Crippen LogP contribution in [0.2, 0.25) is 5.02 Å². The minimum absolute atomic E-state index is 0.298. The fourth-order valence-electron chi connectivity index (χ4n) is 2.12. The van der Waals surface area contributed by atoms with Crippen molar-refractivity contribution in [3.63, 3.8) is 0 Å². The average Bonchev–Trinajstić information content (AvgIpc) is 2.94. The van der Waals surface area contributed by atoms with Gasteiger partial charge in [-0.3, -0.25) is 10.1 Å². The first-order chi connectivity index (χ1) is 11.1. The van der Waals surface area contributed by atoms with Crippen LogP contribution in [0.1, 0.15) is 10.4 Å². The van der Waals surface area contributed by atoms with Crippen molar-refractivity contribution < 1.29 is 14.3 Å². The number of nitrogens with one attached hydrogen (secondary N) is 1. The molecular formula is C16H13ClN2O3S. The van der Waals surface area contributed by atoms with Crippen LogP contribution in [0.4, 0.5) is 5.13 Å². The minimum Gasteiger partial charge on any atom is -0.493 e. The van der Waals surface area contributed by atoms with Gasteiger partial charge in [0.15, 0.2) is 16.6 Å². The van der Waals surface area contributed by atoms with E-state index in [-0.39, 0.29) is 5.91 Å². The number of rotatable bonds is 4. The molecule has 0 radical (unpaired) electrons. The lowest BCUT2D eigenvalue weighted by Gasteiger charge is -2.05. The van der Waals surface area contributed by atoms with Crippen molar-refractivity contribution >= 4 is 44.2 Å². The number of aromatic nitrogens is 1. The van der Waals surface area contributed by atoms with E-state index < -0.39 is 0 Å². The van der Waals surface area contributed by atoms with Crippen LogP contribution >= 0.6 is 22.9 Å². The van der Waals surface area contributed by atoms with E-state index in [0.717, 1.165) is 10.2 Å². The highest BCUT2D eigenvalue weighted by molar-refractivity contribution is 7.22. The highest BCUT2D eigenvalue weighted by Gasteiger charge is 2.14. The number of hydrogen-bond donors (Lipinski definition) is 1. The zero-order valence-corrected chi connectivity index (χ0v) is 14.0. The van der Waals surface area contributed by atoms with Crippen molar-refractivity contribution in [2.45, 2.75) is 0 Å². The Morgan fingerprint density at radius 1 is 1.17 bits per heavy atom. The average molecular weight is 349 g/mol. The summed E-state index contributed by atoms with van der Waals surface area (Å²) in [6.07, 6.45) is 0. The molecule has 7 heteroatoms. The fraction of sp³-hybridized carbons (Fsp3) is 0.125. The Labute approximate surface area is 141 Å². The quantitative estimate of drug-likeness (QED) is 0.766. The summed E-state index contributed by atoms with van der Waals surface area (Å²) >= 11 is 7.39. The van der Waals surface area contributed by atoms with E-state index in [1.165, 1.54) is 11.3 Å². The summed E-state index contributed by atoms with van der Waals surface area (Å²) in [6, 6.07) is 10.5. The number of carbonyl (C=O) groups excluding carboxylic acids is 1. The van der Waals surface area contributed by atoms with Crippen molar-refractivity contribution in [1.82, 2.24) is 4.98 Å². The fourth-order valence-corrected chi connectivity index (χ4v) is 3.21. The molecule has 0 fully saturated rings. The molecule has 2 aromatic carbocycles. The summed E-state index contributed by atoms with van der Waals surface area (Å²) in [5, 5.41) is 3.65. The summed E-state index contributed by atoms with van der Waals surface area (Å²) < 4.78 is 11.4. The largest absolute Gasteiger partial charge is 0.493 e. The summed E-state index contributed by atoms with van der Waals surface area (Å²) in [6.45, 7) is 0. The van der Waals surface area contributed by atoms with E-state index in [9.17, 15) is 4.79 Å². The van der Waals surface area contributed by atoms with Crippen LogP contribution < -0.4 is 14.8 Å². The third-order valence-corrected chi connectivity index (χ3v) is 4.50. The molecule has 1 N–H and O–H groups in total. The number of methoxy groups -OCH3 is 2. The van der Waals surface area contributed by atoms with Crippen LogP contribution in [0, 0.1) is 0 Å². The first kappa shape index (κ1) is 15.6. The Morgan fingerprint density at radius 2 is 1.87 bits per heavy atom. The molecule has 0 spiro atoms. The van der Waals surface area contributed by atoms with Gasteiger partial charge in [-0.2, -0.15) is 0 Å². The van der Waals surface area contributed by atoms with Crippen LogP contribution in [0.15, 0.2) is 36.4 Å². The molecular weight excluding hydrogens is 336 g/mol. The molecule has 0 bridgehead atoms. The predicted molar refractivity (Wildman–Crippen MR) is 92.1 cm³/mol. The number of thiazole rings is 1. The van der Waals surface area contributed by atoms with Gasteiger partial charge >= 0.3 is 0 Å². The highest BCUT2D eigenvalue weighted by atomic mass is 35.5. The maximum atomic E-state index is 12.3. The molecule has 3 rings (SSSR count). The molecule has 1 amide bonds. The first-order valence-electron chi connectivity index (χ1n) is 6.71. The Balaban J connectivity index is 1.92. The van der Waals surface area contributed by atoms with Crippen LogP contribution in [-0.4, -0.2) is 25.1 Å². The predicted octanol–water partition coefficient (Wildman–Crippen LogP) is 4.22. The van der Waals surface area contributed by atoms with Crippen molar-refractivity contribution in [1.29, 1.82) is 0 Å².